The molecule has 11 heteroatoms. The Labute approximate surface area is 175 Å². The van der Waals surface area contributed by atoms with Crippen LogP contribution in [0.5, 0.6) is 11.5 Å². The van der Waals surface area contributed by atoms with Gasteiger partial charge in [-0.15, -0.1) is 0 Å². The van der Waals surface area contributed by atoms with Gasteiger partial charge in [0.25, 0.3) is 0 Å². The van der Waals surface area contributed by atoms with E-state index in [4.69, 9.17) is 26.2 Å². The highest BCUT2D eigenvalue weighted by Crippen LogP contribution is 2.45. The number of nitrogens with two attached hydrogens (primary N) is 2. The number of halogens is 1. The summed E-state index contributed by atoms with van der Waals surface area (Å²) in [4.78, 5) is 8.77. The Balaban J connectivity index is 2.27. The van der Waals surface area contributed by atoms with Crippen LogP contribution in [0.3, 0.4) is 0 Å². The third-order valence-electron chi connectivity index (χ3n) is 4.23. The van der Waals surface area contributed by atoms with Gasteiger partial charge in [-0.3, -0.25) is 5.32 Å². The zero-order valence-corrected chi connectivity index (χ0v) is 17.2. The monoisotopic (exact) mass is 456 g/mol. The van der Waals surface area contributed by atoms with Gasteiger partial charge in [-0.1, -0.05) is 15.9 Å². The van der Waals surface area contributed by atoms with Crippen molar-refractivity contribution in [2.24, 2.45) is 4.99 Å². The third kappa shape index (κ3) is 3.56. The SMILES string of the molecule is CCOc1cc(Br)c(C2N=C(NC#N)Nc3nc(N)c(C#N)c(N)c32)cc1OC. The van der Waals surface area contributed by atoms with Crippen LogP contribution in [-0.2, 0) is 0 Å². The molecule has 6 N–H and O–H groups in total. The predicted molar refractivity (Wildman–Crippen MR) is 111 cm³/mol. The first kappa shape index (κ1) is 20.0. The second-order valence-corrected chi connectivity index (χ2v) is 6.71. The zero-order chi connectivity index (χ0) is 21.1. The van der Waals surface area contributed by atoms with E-state index in [2.05, 4.69) is 36.5 Å². The van der Waals surface area contributed by atoms with Gasteiger partial charge in [0.15, 0.2) is 17.7 Å². The fourth-order valence-corrected chi connectivity index (χ4v) is 3.53. The molecule has 0 amide bonds. The van der Waals surface area contributed by atoms with Gasteiger partial charge in [0, 0.05) is 10.0 Å². The number of hydrogen-bond acceptors (Lipinski definition) is 10. The second-order valence-electron chi connectivity index (χ2n) is 5.86. The summed E-state index contributed by atoms with van der Waals surface area (Å²) in [5, 5.41) is 23.8. The zero-order valence-electron chi connectivity index (χ0n) is 15.6. The average molecular weight is 457 g/mol. The van der Waals surface area contributed by atoms with Crippen LogP contribution in [0.1, 0.15) is 29.7 Å². The molecule has 148 valence electrons. The van der Waals surface area contributed by atoms with Crippen LogP contribution in [-0.4, -0.2) is 24.7 Å². The number of nitrogen functional groups attached to an aromatic ring is 2. The maximum atomic E-state index is 9.42. The summed E-state index contributed by atoms with van der Waals surface area (Å²) in [5.41, 5.74) is 13.5. The lowest BCUT2D eigenvalue weighted by atomic mass is 9.95. The number of anilines is 3. The number of aromatic nitrogens is 1. The Morgan fingerprint density at radius 3 is 2.69 bits per heavy atom. The third-order valence-corrected chi connectivity index (χ3v) is 4.92. The van der Waals surface area contributed by atoms with E-state index in [-0.39, 0.29) is 23.0 Å². The Bertz CT molecular complexity index is 1090. The summed E-state index contributed by atoms with van der Waals surface area (Å²) in [7, 11) is 1.53. The Morgan fingerprint density at radius 1 is 1.31 bits per heavy atom. The van der Waals surface area contributed by atoms with Crippen molar-refractivity contribution in [2.45, 2.75) is 13.0 Å². The van der Waals surface area contributed by atoms with Gasteiger partial charge in [-0.05, 0) is 24.6 Å². The Morgan fingerprint density at radius 2 is 2.07 bits per heavy atom. The fraction of sp³-hybridized carbons (Fsp3) is 0.222. The highest BCUT2D eigenvalue weighted by molar-refractivity contribution is 9.10. The van der Waals surface area contributed by atoms with E-state index in [1.165, 1.54) is 7.11 Å². The molecule has 0 bridgehead atoms. The minimum Gasteiger partial charge on any atom is -0.493 e. The van der Waals surface area contributed by atoms with Gasteiger partial charge < -0.3 is 26.3 Å². The molecular formula is C18H17BrN8O2. The highest BCUT2D eigenvalue weighted by atomic mass is 79.9. The van der Waals surface area contributed by atoms with Crippen molar-refractivity contribution in [3.05, 3.63) is 33.3 Å². The largest absolute Gasteiger partial charge is 0.493 e. The van der Waals surface area contributed by atoms with Crippen molar-refractivity contribution in [3.63, 3.8) is 0 Å². The lowest BCUT2D eigenvalue weighted by molar-refractivity contribution is 0.310. The van der Waals surface area contributed by atoms with E-state index in [0.717, 1.165) is 0 Å². The maximum absolute atomic E-state index is 9.42. The van der Waals surface area contributed by atoms with Crippen molar-refractivity contribution in [1.29, 1.82) is 10.5 Å². The first-order chi connectivity index (χ1) is 13.9. The van der Waals surface area contributed by atoms with Crippen LogP contribution in [0.4, 0.5) is 17.3 Å². The van der Waals surface area contributed by atoms with Crippen molar-refractivity contribution < 1.29 is 9.47 Å². The highest BCUT2D eigenvalue weighted by Gasteiger charge is 2.31. The lowest BCUT2D eigenvalue weighted by Crippen LogP contribution is -2.32. The first-order valence-corrected chi connectivity index (χ1v) is 9.23. The van der Waals surface area contributed by atoms with Crippen LogP contribution < -0.4 is 31.6 Å². The smallest absolute Gasteiger partial charge is 0.211 e. The Kier molecular flexibility index (Phi) is 5.61. The molecule has 29 heavy (non-hydrogen) atoms. The molecule has 0 saturated carbocycles. The summed E-state index contributed by atoms with van der Waals surface area (Å²) in [6.45, 7) is 2.34. The number of nitriles is 2. The molecule has 0 spiro atoms. The summed E-state index contributed by atoms with van der Waals surface area (Å²) < 4.78 is 11.7. The van der Waals surface area contributed by atoms with Gasteiger partial charge >= 0.3 is 0 Å². The molecular weight excluding hydrogens is 440 g/mol. The van der Waals surface area contributed by atoms with Gasteiger partial charge in [0.1, 0.15) is 29.3 Å². The number of hydrogen-bond donors (Lipinski definition) is 4. The average Bonchev–Trinajstić information content (AvgIpc) is 2.68. The minimum atomic E-state index is -0.693. The maximum Gasteiger partial charge on any atom is 0.211 e. The standard InChI is InChI=1S/C18H17BrN8O2/c1-3-29-12-5-10(19)8(4-11(12)28-2)15-13-14(22)9(6-20)16(23)26-17(13)27-18(25-15)24-7-21/h4-5,15H,3H2,1-2H3,(H6,22,23,24,25,26,27). The van der Waals surface area contributed by atoms with Gasteiger partial charge in [0.2, 0.25) is 5.96 Å². The van der Waals surface area contributed by atoms with E-state index in [9.17, 15) is 5.26 Å². The van der Waals surface area contributed by atoms with Gasteiger partial charge in [0.05, 0.1) is 19.4 Å². The molecule has 2 aromatic rings. The second kappa shape index (κ2) is 8.12. The lowest BCUT2D eigenvalue weighted by Gasteiger charge is -2.27. The number of fused-ring (bicyclic) bond motifs is 1. The summed E-state index contributed by atoms with van der Waals surface area (Å²) in [5.74, 6) is 1.51. The number of ether oxygens (including phenoxy) is 2. The molecule has 1 aliphatic heterocycles. The van der Waals surface area contributed by atoms with Crippen molar-refractivity contribution in [3.8, 4) is 23.8 Å². The molecule has 3 rings (SSSR count). The topological polar surface area (TPSA) is 167 Å². The molecule has 0 fully saturated rings. The van der Waals surface area contributed by atoms with Crippen molar-refractivity contribution in [2.75, 3.05) is 30.5 Å². The molecule has 1 unspecified atom stereocenters. The van der Waals surface area contributed by atoms with Gasteiger partial charge in [-0.2, -0.15) is 10.5 Å². The molecule has 10 nitrogen and oxygen atoms in total. The van der Waals surface area contributed by atoms with Crippen LogP contribution in [0, 0.1) is 22.8 Å². The number of aliphatic imine (C=N–C) groups is 1. The summed E-state index contributed by atoms with van der Waals surface area (Å²) >= 11 is 3.54. The molecule has 2 heterocycles. The van der Waals surface area contributed by atoms with Gasteiger partial charge in [-0.25, -0.2) is 9.98 Å². The summed E-state index contributed by atoms with van der Waals surface area (Å²) in [6, 6.07) is 4.80. The molecule has 1 aromatic carbocycles. The Hall–Kier alpha value is -3.70. The number of methoxy groups -OCH3 is 1. The first-order valence-electron chi connectivity index (χ1n) is 8.44. The van der Waals surface area contributed by atoms with Crippen LogP contribution >= 0.6 is 15.9 Å². The van der Waals surface area contributed by atoms with E-state index in [0.29, 0.717) is 39.5 Å². The van der Waals surface area contributed by atoms with Crippen molar-refractivity contribution in [1.82, 2.24) is 10.3 Å². The van der Waals surface area contributed by atoms with E-state index in [1.54, 1.807) is 12.1 Å². The van der Waals surface area contributed by atoms with Crippen LogP contribution in [0.25, 0.3) is 0 Å². The molecule has 0 aliphatic carbocycles. The number of pyridine rings is 1. The predicted octanol–water partition coefficient (Wildman–Crippen LogP) is 2.23. The van der Waals surface area contributed by atoms with E-state index >= 15 is 0 Å². The molecule has 1 atom stereocenters. The number of rotatable bonds is 4. The number of guanidine groups is 1. The normalized spacial score (nSPS) is 14.5. The quantitative estimate of drug-likeness (QED) is 0.397. The van der Waals surface area contributed by atoms with Crippen molar-refractivity contribution >= 4 is 39.2 Å². The van der Waals surface area contributed by atoms with Crippen LogP contribution in [0.2, 0.25) is 0 Å². The molecule has 0 radical (unpaired) electrons. The van der Waals surface area contributed by atoms with Crippen LogP contribution in [0.15, 0.2) is 21.6 Å². The van der Waals surface area contributed by atoms with E-state index in [1.807, 2.05) is 19.2 Å². The van der Waals surface area contributed by atoms with E-state index < -0.39 is 6.04 Å². The number of nitrogens with one attached hydrogen (secondary N) is 2. The summed E-state index contributed by atoms with van der Waals surface area (Å²) in [6.07, 6.45) is 1.81. The molecule has 1 aromatic heterocycles. The molecule has 1 aliphatic rings. The number of benzene rings is 1. The number of nitrogens with zero attached hydrogens (tertiary/aromatic N) is 4. The molecule has 0 saturated heterocycles. The fourth-order valence-electron chi connectivity index (χ4n) is 2.99. The minimum absolute atomic E-state index is 0.0171.